The van der Waals surface area contributed by atoms with Crippen molar-refractivity contribution in [1.82, 2.24) is 25.2 Å². The molecule has 1 amide bonds. The fourth-order valence-electron chi connectivity index (χ4n) is 3.19. The lowest BCUT2D eigenvalue weighted by atomic mass is 10.1. The first-order valence-electron chi connectivity index (χ1n) is 9.91. The third-order valence-corrected chi connectivity index (χ3v) is 5.10. The normalized spacial score (nSPS) is 11.8. The van der Waals surface area contributed by atoms with Crippen LogP contribution in [-0.4, -0.2) is 25.8 Å². The van der Waals surface area contributed by atoms with Gasteiger partial charge in [0.05, 0.1) is 23.0 Å². The average Bonchev–Trinajstić information content (AvgIpc) is 3.43. The molecule has 158 valence electrons. The zero-order valence-corrected chi connectivity index (χ0v) is 17.6. The molecule has 1 atom stereocenters. The molecule has 0 aliphatic rings. The van der Waals surface area contributed by atoms with E-state index in [1.807, 2.05) is 45.0 Å². The second kappa shape index (κ2) is 8.83. The Balaban J connectivity index is 1.34. The fraction of sp³-hybridized carbons (Fsp3) is 0.217. The SMILES string of the molecule is Cc1noc(C)c1COc1ccc(C(=O)NC(C)c2ccc(-n3cncn3)cc2)cc1. The molecular formula is C23H23N5O3. The van der Waals surface area contributed by atoms with Gasteiger partial charge in [-0.25, -0.2) is 9.67 Å². The molecule has 2 aromatic carbocycles. The molecule has 0 saturated heterocycles. The number of hydrogen-bond acceptors (Lipinski definition) is 6. The van der Waals surface area contributed by atoms with Gasteiger partial charge in [0.15, 0.2) is 0 Å². The number of carbonyl (C=O) groups is 1. The summed E-state index contributed by atoms with van der Waals surface area (Å²) in [7, 11) is 0. The van der Waals surface area contributed by atoms with Crippen molar-refractivity contribution in [2.45, 2.75) is 33.4 Å². The summed E-state index contributed by atoms with van der Waals surface area (Å²) in [6.07, 6.45) is 3.13. The number of aromatic nitrogens is 4. The van der Waals surface area contributed by atoms with Gasteiger partial charge in [0.1, 0.15) is 30.8 Å². The summed E-state index contributed by atoms with van der Waals surface area (Å²) in [4.78, 5) is 16.6. The first kappa shape index (κ1) is 20.3. The van der Waals surface area contributed by atoms with E-state index in [1.54, 1.807) is 35.3 Å². The molecule has 0 bridgehead atoms. The van der Waals surface area contributed by atoms with Crippen LogP contribution >= 0.6 is 0 Å². The highest BCUT2D eigenvalue weighted by Crippen LogP contribution is 2.19. The Morgan fingerprint density at radius 1 is 1.13 bits per heavy atom. The Morgan fingerprint density at radius 3 is 2.48 bits per heavy atom. The van der Waals surface area contributed by atoms with Crippen LogP contribution in [0, 0.1) is 13.8 Å². The molecule has 8 nitrogen and oxygen atoms in total. The molecule has 2 aromatic heterocycles. The molecule has 1 N–H and O–H groups in total. The van der Waals surface area contributed by atoms with Crippen molar-refractivity contribution >= 4 is 5.91 Å². The van der Waals surface area contributed by atoms with Gasteiger partial charge in [-0.05, 0) is 62.7 Å². The van der Waals surface area contributed by atoms with Crippen LogP contribution in [0.3, 0.4) is 0 Å². The van der Waals surface area contributed by atoms with Gasteiger partial charge in [-0.2, -0.15) is 5.10 Å². The molecule has 0 saturated carbocycles. The smallest absolute Gasteiger partial charge is 0.251 e. The molecule has 0 spiro atoms. The molecular weight excluding hydrogens is 394 g/mol. The van der Waals surface area contributed by atoms with E-state index in [2.05, 4.69) is 20.6 Å². The molecule has 8 heteroatoms. The summed E-state index contributed by atoms with van der Waals surface area (Å²) in [6, 6.07) is 14.7. The van der Waals surface area contributed by atoms with Crippen molar-refractivity contribution in [3.8, 4) is 11.4 Å². The van der Waals surface area contributed by atoms with Gasteiger partial charge < -0.3 is 14.6 Å². The number of nitrogens with one attached hydrogen (secondary N) is 1. The van der Waals surface area contributed by atoms with Gasteiger partial charge in [0.25, 0.3) is 5.91 Å². The monoisotopic (exact) mass is 417 g/mol. The number of nitrogens with zero attached hydrogens (tertiary/aromatic N) is 4. The van der Waals surface area contributed by atoms with E-state index in [0.29, 0.717) is 17.9 Å². The van der Waals surface area contributed by atoms with Gasteiger partial charge in [0.2, 0.25) is 0 Å². The second-order valence-electron chi connectivity index (χ2n) is 7.24. The minimum Gasteiger partial charge on any atom is -0.489 e. The second-order valence-corrected chi connectivity index (χ2v) is 7.24. The highest BCUT2D eigenvalue weighted by atomic mass is 16.5. The maximum absolute atomic E-state index is 12.6. The molecule has 0 fully saturated rings. The third kappa shape index (κ3) is 4.63. The quantitative estimate of drug-likeness (QED) is 0.489. The van der Waals surface area contributed by atoms with Gasteiger partial charge in [-0.1, -0.05) is 17.3 Å². The summed E-state index contributed by atoms with van der Waals surface area (Å²) in [6.45, 7) is 6.05. The van der Waals surface area contributed by atoms with Crippen LogP contribution < -0.4 is 10.1 Å². The molecule has 4 aromatic rings. The van der Waals surface area contributed by atoms with E-state index < -0.39 is 0 Å². The number of carbonyl (C=O) groups excluding carboxylic acids is 1. The van der Waals surface area contributed by atoms with Gasteiger partial charge in [0, 0.05) is 5.56 Å². The molecule has 0 radical (unpaired) electrons. The molecule has 1 unspecified atom stereocenters. The van der Waals surface area contributed by atoms with Crippen LogP contribution in [0.25, 0.3) is 5.69 Å². The van der Waals surface area contributed by atoms with E-state index in [0.717, 1.165) is 28.3 Å². The minimum absolute atomic E-state index is 0.146. The number of benzene rings is 2. The van der Waals surface area contributed by atoms with Gasteiger partial charge >= 0.3 is 0 Å². The van der Waals surface area contributed by atoms with Crippen LogP contribution in [0.1, 0.15) is 45.9 Å². The Kier molecular flexibility index (Phi) is 5.79. The largest absolute Gasteiger partial charge is 0.489 e. The predicted octanol–water partition coefficient (Wildman–Crippen LogP) is 3.94. The first-order valence-corrected chi connectivity index (χ1v) is 9.91. The predicted molar refractivity (Wildman–Crippen MR) is 114 cm³/mol. The topological polar surface area (TPSA) is 95.1 Å². The van der Waals surface area contributed by atoms with Gasteiger partial charge in [-0.15, -0.1) is 0 Å². The highest BCUT2D eigenvalue weighted by Gasteiger charge is 2.13. The summed E-state index contributed by atoms with van der Waals surface area (Å²) in [5.41, 5.74) is 4.22. The van der Waals surface area contributed by atoms with Crippen molar-refractivity contribution in [2.75, 3.05) is 0 Å². The summed E-state index contributed by atoms with van der Waals surface area (Å²) in [5, 5.41) is 11.1. The van der Waals surface area contributed by atoms with Crippen LogP contribution in [0.5, 0.6) is 5.75 Å². The van der Waals surface area contributed by atoms with Crippen molar-refractivity contribution in [1.29, 1.82) is 0 Å². The Morgan fingerprint density at radius 2 is 1.87 bits per heavy atom. The third-order valence-electron chi connectivity index (χ3n) is 5.10. The van der Waals surface area contributed by atoms with Crippen molar-refractivity contribution < 1.29 is 14.1 Å². The lowest BCUT2D eigenvalue weighted by Crippen LogP contribution is -2.26. The van der Waals surface area contributed by atoms with E-state index in [4.69, 9.17) is 9.26 Å². The fourth-order valence-corrected chi connectivity index (χ4v) is 3.19. The Labute approximate surface area is 179 Å². The van der Waals surface area contributed by atoms with E-state index in [9.17, 15) is 4.79 Å². The lowest BCUT2D eigenvalue weighted by Gasteiger charge is -2.15. The van der Waals surface area contributed by atoms with E-state index in [1.165, 1.54) is 6.33 Å². The minimum atomic E-state index is -0.148. The van der Waals surface area contributed by atoms with E-state index in [-0.39, 0.29) is 11.9 Å². The number of rotatable bonds is 7. The zero-order chi connectivity index (χ0) is 21.8. The van der Waals surface area contributed by atoms with Crippen LogP contribution in [0.2, 0.25) is 0 Å². The summed E-state index contributed by atoms with van der Waals surface area (Å²) < 4.78 is 12.6. The highest BCUT2D eigenvalue weighted by molar-refractivity contribution is 5.94. The van der Waals surface area contributed by atoms with Crippen LogP contribution in [0.4, 0.5) is 0 Å². The lowest BCUT2D eigenvalue weighted by molar-refractivity contribution is 0.0940. The maximum atomic E-state index is 12.6. The Bertz CT molecular complexity index is 1130. The molecule has 0 aliphatic carbocycles. The Hall–Kier alpha value is -3.94. The zero-order valence-electron chi connectivity index (χ0n) is 17.6. The summed E-state index contributed by atoms with van der Waals surface area (Å²) in [5.74, 6) is 1.27. The number of amides is 1. The summed E-state index contributed by atoms with van der Waals surface area (Å²) >= 11 is 0. The average molecular weight is 417 g/mol. The van der Waals surface area contributed by atoms with E-state index >= 15 is 0 Å². The number of aryl methyl sites for hydroxylation is 2. The standard InChI is InChI=1S/C23H23N5O3/c1-15(18-4-8-20(9-5-18)28-14-24-13-25-28)26-23(29)19-6-10-21(11-7-19)30-12-22-16(2)27-31-17(22)3/h4-11,13-15H,12H2,1-3H3,(H,26,29). The maximum Gasteiger partial charge on any atom is 0.251 e. The van der Waals surface area contributed by atoms with Crippen molar-refractivity contribution in [3.05, 3.63) is 89.3 Å². The molecule has 4 rings (SSSR count). The number of hydrogen-bond donors (Lipinski definition) is 1. The number of ether oxygens (including phenoxy) is 1. The van der Waals surface area contributed by atoms with Crippen molar-refractivity contribution in [3.63, 3.8) is 0 Å². The van der Waals surface area contributed by atoms with Crippen LogP contribution in [-0.2, 0) is 6.61 Å². The molecule has 31 heavy (non-hydrogen) atoms. The van der Waals surface area contributed by atoms with Crippen molar-refractivity contribution in [2.24, 2.45) is 0 Å². The van der Waals surface area contributed by atoms with Crippen LogP contribution in [0.15, 0.2) is 65.7 Å². The van der Waals surface area contributed by atoms with Gasteiger partial charge in [-0.3, -0.25) is 4.79 Å². The molecule has 2 heterocycles. The molecule has 0 aliphatic heterocycles. The first-order chi connectivity index (χ1) is 15.0.